The molecule has 0 fully saturated rings. The molecule has 0 bridgehead atoms. The van der Waals surface area contributed by atoms with Crippen LogP contribution in [0.15, 0.2) is 30.3 Å². The summed E-state index contributed by atoms with van der Waals surface area (Å²) in [5.74, 6) is 0. The zero-order chi connectivity index (χ0) is 12.0. The van der Waals surface area contributed by atoms with Crippen molar-refractivity contribution in [2.75, 3.05) is 6.54 Å². The normalized spacial score (nSPS) is 13.8. The van der Waals surface area contributed by atoms with Gasteiger partial charge in [-0.25, -0.2) is 0 Å². The van der Waals surface area contributed by atoms with E-state index in [4.69, 9.17) is 10.5 Å². The van der Waals surface area contributed by atoms with Crippen LogP contribution < -0.4 is 5.73 Å². The third-order valence-electron chi connectivity index (χ3n) is 2.91. The van der Waals surface area contributed by atoms with Gasteiger partial charge >= 0.3 is 0 Å². The number of nitrogens with two attached hydrogens (primary N) is 1. The van der Waals surface area contributed by atoms with Crippen LogP contribution in [0.1, 0.15) is 45.3 Å². The molecular formula is C14H23NO. The van der Waals surface area contributed by atoms with Crippen LogP contribution in [0.2, 0.25) is 0 Å². The lowest BCUT2D eigenvalue weighted by molar-refractivity contribution is -0.0776. The van der Waals surface area contributed by atoms with Gasteiger partial charge < -0.3 is 10.5 Å². The summed E-state index contributed by atoms with van der Waals surface area (Å²) in [7, 11) is 0. The Morgan fingerprint density at radius 3 is 2.38 bits per heavy atom. The molecule has 1 unspecified atom stereocenters. The van der Waals surface area contributed by atoms with E-state index in [-0.39, 0.29) is 11.7 Å². The van der Waals surface area contributed by atoms with Crippen molar-refractivity contribution >= 4 is 0 Å². The van der Waals surface area contributed by atoms with Crippen molar-refractivity contribution in [1.82, 2.24) is 0 Å². The first kappa shape index (κ1) is 13.2. The molecule has 0 aliphatic heterocycles. The van der Waals surface area contributed by atoms with Crippen LogP contribution in [0.4, 0.5) is 0 Å². The van der Waals surface area contributed by atoms with Crippen LogP contribution in [0, 0.1) is 0 Å². The molecular weight excluding hydrogens is 198 g/mol. The minimum atomic E-state index is -0.0876. The summed E-state index contributed by atoms with van der Waals surface area (Å²) >= 11 is 0. The van der Waals surface area contributed by atoms with Crippen molar-refractivity contribution in [1.29, 1.82) is 0 Å². The molecule has 1 atom stereocenters. The highest BCUT2D eigenvalue weighted by molar-refractivity contribution is 5.17. The van der Waals surface area contributed by atoms with E-state index in [0.717, 1.165) is 12.8 Å². The molecule has 0 aliphatic rings. The molecule has 0 saturated heterocycles. The fourth-order valence-electron chi connectivity index (χ4n) is 1.58. The van der Waals surface area contributed by atoms with Gasteiger partial charge in [-0.1, -0.05) is 37.3 Å². The second-order valence-electron chi connectivity index (χ2n) is 4.71. The summed E-state index contributed by atoms with van der Waals surface area (Å²) in [5.41, 5.74) is 6.78. The number of ether oxygens (including phenoxy) is 1. The van der Waals surface area contributed by atoms with Crippen molar-refractivity contribution in [3.8, 4) is 0 Å². The molecule has 16 heavy (non-hydrogen) atoms. The zero-order valence-corrected chi connectivity index (χ0v) is 10.6. The number of rotatable bonds is 6. The SMILES string of the molecule is CCC(C)(C)OC(CCN)c1ccccc1. The molecule has 2 N–H and O–H groups in total. The van der Waals surface area contributed by atoms with Gasteiger partial charge in [0.1, 0.15) is 0 Å². The van der Waals surface area contributed by atoms with E-state index in [9.17, 15) is 0 Å². The Labute approximate surface area is 98.8 Å². The van der Waals surface area contributed by atoms with Crippen LogP contribution in [-0.2, 0) is 4.74 Å². The summed E-state index contributed by atoms with van der Waals surface area (Å²) in [5, 5.41) is 0. The zero-order valence-electron chi connectivity index (χ0n) is 10.6. The molecule has 2 heteroatoms. The number of benzene rings is 1. The van der Waals surface area contributed by atoms with Gasteiger partial charge in [0.05, 0.1) is 11.7 Å². The molecule has 0 heterocycles. The quantitative estimate of drug-likeness (QED) is 0.800. The van der Waals surface area contributed by atoms with Crippen molar-refractivity contribution in [3.05, 3.63) is 35.9 Å². The second kappa shape index (κ2) is 6.02. The Hall–Kier alpha value is -0.860. The number of hydrogen-bond donors (Lipinski definition) is 1. The van der Waals surface area contributed by atoms with Crippen molar-refractivity contribution < 1.29 is 4.74 Å². The Balaban J connectivity index is 2.76. The third kappa shape index (κ3) is 3.95. The van der Waals surface area contributed by atoms with Crippen LogP contribution in [0.5, 0.6) is 0 Å². The van der Waals surface area contributed by atoms with Gasteiger partial charge in [0.15, 0.2) is 0 Å². The van der Waals surface area contributed by atoms with Gasteiger partial charge in [0.25, 0.3) is 0 Å². The molecule has 1 aromatic rings. The topological polar surface area (TPSA) is 35.2 Å². The molecule has 0 aromatic heterocycles. The maximum atomic E-state index is 6.13. The van der Waals surface area contributed by atoms with Crippen LogP contribution >= 0.6 is 0 Å². The first-order valence-corrected chi connectivity index (χ1v) is 6.02. The standard InChI is InChI=1S/C14H23NO/c1-4-14(2,3)16-13(10-11-15)12-8-6-5-7-9-12/h5-9,13H,4,10-11,15H2,1-3H3. The van der Waals surface area contributed by atoms with E-state index < -0.39 is 0 Å². The highest BCUT2D eigenvalue weighted by Gasteiger charge is 2.22. The molecule has 90 valence electrons. The molecule has 0 radical (unpaired) electrons. The number of hydrogen-bond acceptors (Lipinski definition) is 2. The van der Waals surface area contributed by atoms with Crippen LogP contribution in [0.3, 0.4) is 0 Å². The van der Waals surface area contributed by atoms with E-state index in [0.29, 0.717) is 6.54 Å². The van der Waals surface area contributed by atoms with E-state index >= 15 is 0 Å². The maximum absolute atomic E-state index is 6.13. The second-order valence-corrected chi connectivity index (χ2v) is 4.71. The summed E-state index contributed by atoms with van der Waals surface area (Å²) in [4.78, 5) is 0. The maximum Gasteiger partial charge on any atom is 0.0844 e. The molecule has 0 saturated carbocycles. The van der Waals surface area contributed by atoms with E-state index in [1.165, 1.54) is 5.56 Å². The van der Waals surface area contributed by atoms with Gasteiger partial charge in [-0.2, -0.15) is 0 Å². The average Bonchev–Trinajstić information content (AvgIpc) is 2.29. The van der Waals surface area contributed by atoms with Crippen molar-refractivity contribution in [3.63, 3.8) is 0 Å². The molecule has 0 spiro atoms. The highest BCUT2D eigenvalue weighted by Crippen LogP contribution is 2.28. The van der Waals surface area contributed by atoms with Gasteiger partial charge in [-0.15, -0.1) is 0 Å². The van der Waals surface area contributed by atoms with Crippen molar-refractivity contribution in [2.24, 2.45) is 5.73 Å². The summed E-state index contributed by atoms with van der Waals surface area (Å²) in [6, 6.07) is 10.3. The lowest BCUT2D eigenvalue weighted by Gasteiger charge is -2.30. The van der Waals surface area contributed by atoms with Crippen molar-refractivity contribution in [2.45, 2.75) is 45.3 Å². The Bertz CT molecular complexity index is 295. The fraction of sp³-hybridized carbons (Fsp3) is 0.571. The lowest BCUT2D eigenvalue weighted by atomic mass is 10.0. The Morgan fingerprint density at radius 1 is 1.25 bits per heavy atom. The summed E-state index contributed by atoms with van der Waals surface area (Å²) in [6.07, 6.45) is 1.98. The predicted molar refractivity (Wildman–Crippen MR) is 68.3 cm³/mol. The smallest absolute Gasteiger partial charge is 0.0844 e. The average molecular weight is 221 g/mol. The van der Waals surface area contributed by atoms with Gasteiger partial charge in [-0.05, 0) is 38.8 Å². The summed E-state index contributed by atoms with van der Waals surface area (Å²) < 4.78 is 6.13. The molecule has 1 rings (SSSR count). The predicted octanol–water partition coefficient (Wildman–Crippen LogP) is 3.28. The van der Waals surface area contributed by atoms with Gasteiger partial charge in [0.2, 0.25) is 0 Å². The largest absolute Gasteiger partial charge is 0.368 e. The minimum Gasteiger partial charge on any atom is -0.368 e. The van der Waals surface area contributed by atoms with E-state index in [1.54, 1.807) is 0 Å². The van der Waals surface area contributed by atoms with E-state index in [1.807, 2.05) is 18.2 Å². The van der Waals surface area contributed by atoms with Crippen LogP contribution in [-0.4, -0.2) is 12.1 Å². The Kier molecular flexibility index (Phi) is 4.97. The molecule has 2 nitrogen and oxygen atoms in total. The van der Waals surface area contributed by atoms with Gasteiger partial charge in [0, 0.05) is 0 Å². The monoisotopic (exact) mass is 221 g/mol. The summed E-state index contributed by atoms with van der Waals surface area (Å²) in [6.45, 7) is 7.04. The Morgan fingerprint density at radius 2 is 1.88 bits per heavy atom. The van der Waals surface area contributed by atoms with Gasteiger partial charge in [-0.3, -0.25) is 0 Å². The molecule has 1 aromatic carbocycles. The highest BCUT2D eigenvalue weighted by atomic mass is 16.5. The van der Waals surface area contributed by atoms with Crippen LogP contribution in [0.25, 0.3) is 0 Å². The third-order valence-corrected chi connectivity index (χ3v) is 2.91. The molecule has 0 amide bonds. The lowest BCUT2D eigenvalue weighted by Crippen LogP contribution is -2.27. The van der Waals surface area contributed by atoms with E-state index in [2.05, 4.69) is 32.9 Å². The fourth-order valence-corrected chi connectivity index (χ4v) is 1.58. The minimum absolute atomic E-state index is 0.0876. The first-order chi connectivity index (χ1) is 7.59. The first-order valence-electron chi connectivity index (χ1n) is 6.02. The molecule has 0 aliphatic carbocycles.